The molecule has 3 aromatic carbocycles. The van der Waals surface area contributed by atoms with E-state index < -0.39 is 12.0 Å². The van der Waals surface area contributed by atoms with Crippen molar-refractivity contribution >= 4 is 28.5 Å². The Morgan fingerprint density at radius 3 is 2.50 bits per heavy atom. The van der Waals surface area contributed by atoms with Gasteiger partial charge in [-0.25, -0.2) is 0 Å². The number of carboxylic acids is 1. The number of H-pyrrole nitrogens is 1. The molecule has 174 valence electrons. The maximum Gasteiger partial charge on any atom is 0.321 e. The smallest absolute Gasteiger partial charge is 0.321 e. The highest BCUT2D eigenvalue weighted by Crippen LogP contribution is 2.21. The largest absolute Gasteiger partial charge is 0.483 e. The summed E-state index contributed by atoms with van der Waals surface area (Å²) in [5.41, 5.74) is 4.50. The summed E-state index contributed by atoms with van der Waals surface area (Å²) in [6, 6.07) is 21.8. The molecule has 0 aliphatic heterocycles. The fourth-order valence-corrected chi connectivity index (χ4v) is 3.77. The second-order valence-electron chi connectivity index (χ2n) is 8.15. The van der Waals surface area contributed by atoms with Crippen LogP contribution in [-0.2, 0) is 22.6 Å². The summed E-state index contributed by atoms with van der Waals surface area (Å²) in [5, 5.41) is 16.7. The topological polar surface area (TPSA) is 103 Å². The highest BCUT2D eigenvalue weighted by molar-refractivity contribution is 5.91. The lowest BCUT2D eigenvalue weighted by atomic mass is 10.0. The fourth-order valence-electron chi connectivity index (χ4n) is 3.77. The predicted molar refractivity (Wildman–Crippen MR) is 132 cm³/mol. The van der Waals surface area contributed by atoms with Gasteiger partial charge in [-0.05, 0) is 36.8 Å². The van der Waals surface area contributed by atoms with Crippen LogP contribution in [0.4, 0.5) is 5.69 Å². The van der Waals surface area contributed by atoms with E-state index >= 15 is 0 Å². The molecule has 34 heavy (non-hydrogen) atoms. The molecule has 7 heteroatoms. The van der Waals surface area contributed by atoms with Crippen LogP contribution in [0.1, 0.15) is 16.7 Å². The van der Waals surface area contributed by atoms with Crippen molar-refractivity contribution in [3.63, 3.8) is 0 Å². The van der Waals surface area contributed by atoms with Crippen molar-refractivity contribution in [2.75, 3.05) is 11.9 Å². The molecule has 7 nitrogen and oxygen atoms in total. The maximum atomic E-state index is 12.3. The van der Waals surface area contributed by atoms with Crippen molar-refractivity contribution in [1.29, 1.82) is 0 Å². The van der Waals surface area contributed by atoms with Crippen LogP contribution in [0.3, 0.4) is 0 Å². The lowest BCUT2D eigenvalue weighted by molar-refractivity contribution is -0.139. The number of aryl methyl sites for hydroxylation is 1. The van der Waals surface area contributed by atoms with Crippen LogP contribution >= 0.6 is 0 Å². The second kappa shape index (κ2) is 10.7. The predicted octanol–water partition coefficient (Wildman–Crippen LogP) is 4.28. The molecule has 1 aromatic heterocycles. The first-order valence-corrected chi connectivity index (χ1v) is 11.1. The molecular weight excluding hydrogens is 430 g/mol. The van der Waals surface area contributed by atoms with Crippen molar-refractivity contribution < 1.29 is 19.4 Å². The summed E-state index contributed by atoms with van der Waals surface area (Å²) in [6.45, 7) is 2.12. The Kier molecular flexibility index (Phi) is 7.25. The molecule has 4 rings (SSSR count). The molecule has 0 saturated heterocycles. The monoisotopic (exact) mass is 457 g/mol. The van der Waals surface area contributed by atoms with E-state index in [-0.39, 0.29) is 19.1 Å². The number of hydrogen-bond acceptors (Lipinski definition) is 4. The average Bonchev–Trinajstić information content (AvgIpc) is 3.25. The zero-order valence-corrected chi connectivity index (χ0v) is 18.9. The van der Waals surface area contributed by atoms with Gasteiger partial charge in [0.05, 0.1) is 0 Å². The first-order chi connectivity index (χ1) is 16.5. The van der Waals surface area contributed by atoms with Crippen molar-refractivity contribution in [2.45, 2.75) is 25.9 Å². The van der Waals surface area contributed by atoms with Crippen molar-refractivity contribution in [2.24, 2.45) is 0 Å². The number of fused-ring (bicyclic) bond motifs is 1. The summed E-state index contributed by atoms with van der Waals surface area (Å²) in [7, 11) is 0. The number of ether oxygens (including phenoxy) is 1. The number of aromatic amines is 1. The Morgan fingerprint density at radius 2 is 1.71 bits per heavy atom. The molecule has 1 atom stereocenters. The van der Waals surface area contributed by atoms with Gasteiger partial charge in [0.25, 0.3) is 5.91 Å². The van der Waals surface area contributed by atoms with Gasteiger partial charge in [0.2, 0.25) is 0 Å². The summed E-state index contributed by atoms with van der Waals surface area (Å²) < 4.78 is 5.75. The zero-order chi connectivity index (χ0) is 23.9. The Labute approximate surface area is 197 Å². The van der Waals surface area contributed by atoms with E-state index in [9.17, 15) is 14.7 Å². The Balaban J connectivity index is 1.37. The molecule has 0 saturated carbocycles. The zero-order valence-electron chi connectivity index (χ0n) is 18.9. The summed E-state index contributed by atoms with van der Waals surface area (Å²) in [5.74, 6) is -0.666. The maximum absolute atomic E-state index is 12.3. The first kappa shape index (κ1) is 23.1. The molecule has 0 aliphatic carbocycles. The van der Waals surface area contributed by atoms with E-state index in [0.717, 1.165) is 27.6 Å². The number of amides is 1. The van der Waals surface area contributed by atoms with Crippen LogP contribution in [0, 0.1) is 6.92 Å². The minimum absolute atomic E-state index is 0.150. The molecule has 1 unspecified atom stereocenters. The fraction of sp³-hybridized carbons (Fsp3) is 0.185. The van der Waals surface area contributed by atoms with Crippen molar-refractivity contribution in [1.82, 2.24) is 10.3 Å². The molecular formula is C27H27N3O4. The third kappa shape index (κ3) is 5.82. The average molecular weight is 458 g/mol. The number of carbonyl (C=O) groups excluding carboxylic acids is 1. The summed E-state index contributed by atoms with van der Waals surface area (Å²) in [4.78, 5) is 27.4. The van der Waals surface area contributed by atoms with E-state index in [2.05, 4.69) is 15.6 Å². The number of anilines is 1. The summed E-state index contributed by atoms with van der Waals surface area (Å²) >= 11 is 0. The Bertz CT molecular complexity index is 1280. The van der Waals surface area contributed by atoms with Gasteiger partial charge in [0.15, 0.2) is 6.61 Å². The van der Waals surface area contributed by atoms with Crippen LogP contribution in [0.25, 0.3) is 10.9 Å². The van der Waals surface area contributed by atoms with Gasteiger partial charge in [0.1, 0.15) is 11.8 Å². The van der Waals surface area contributed by atoms with Gasteiger partial charge in [0, 0.05) is 41.3 Å². The van der Waals surface area contributed by atoms with Gasteiger partial charge in [-0.15, -0.1) is 0 Å². The molecule has 0 aliphatic rings. The lowest BCUT2D eigenvalue weighted by Gasteiger charge is -2.16. The minimum Gasteiger partial charge on any atom is -0.483 e. The van der Waals surface area contributed by atoms with Crippen LogP contribution in [0.2, 0.25) is 0 Å². The van der Waals surface area contributed by atoms with E-state index in [1.807, 2.05) is 79.9 Å². The highest BCUT2D eigenvalue weighted by atomic mass is 16.5. The number of benzene rings is 3. The van der Waals surface area contributed by atoms with E-state index in [0.29, 0.717) is 17.9 Å². The lowest BCUT2D eigenvalue weighted by Crippen LogP contribution is -2.38. The molecule has 1 amide bonds. The van der Waals surface area contributed by atoms with Crippen LogP contribution in [0.5, 0.6) is 5.75 Å². The van der Waals surface area contributed by atoms with E-state index in [1.54, 1.807) is 6.07 Å². The van der Waals surface area contributed by atoms with Crippen LogP contribution < -0.4 is 15.4 Å². The minimum atomic E-state index is -0.929. The number of aromatic nitrogens is 1. The number of rotatable bonds is 10. The van der Waals surface area contributed by atoms with Crippen molar-refractivity contribution in [3.8, 4) is 5.75 Å². The van der Waals surface area contributed by atoms with E-state index in [1.165, 1.54) is 0 Å². The normalized spacial score (nSPS) is 11.8. The highest BCUT2D eigenvalue weighted by Gasteiger charge is 2.20. The Hall–Kier alpha value is -4.10. The second-order valence-corrected chi connectivity index (χ2v) is 8.15. The van der Waals surface area contributed by atoms with Crippen LogP contribution in [0.15, 0.2) is 79.0 Å². The molecule has 0 fully saturated rings. The van der Waals surface area contributed by atoms with E-state index in [4.69, 9.17) is 4.74 Å². The standard InChI is InChI=1S/C27H27N3O4/c1-18-10-12-21(13-11-18)30-26(31)17-34-25-9-5-2-6-19(25)15-29-24(27(32)33)14-20-16-28-23-8-4-3-7-22(20)23/h2-13,16,24,28-29H,14-15,17H2,1H3,(H,30,31)(H,32,33). The molecule has 0 radical (unpaired) electrons. The van der Waals surface area contributed by atoms with Gasteiger partial charge < -0.3 is 20.1 Å². The van der Waals surface area contributed by atoms with Gasteiger partial charge in [-0.2, -0.15) is 0 Å². The number of nitrogens with one attached hydrogen (secondary N) is 3. The third-order valence-corrected chi connectivity index (χ3v) is 5.60. The van der Waals surface area contributed by atoms with Gasteiger partial charge in [-0.3, -0.25) is 14.9 Å². The molecule has 0 bridgehead atoms. The van der Waals surface area contributed by atoms with Gasteiger partial charge in [-0.1, -0.05) is 54.1 Å². The number of carbonyl (C=O) groups is 2. The van der Waals surface area contributed by atoms with Crippen molar-refractivity contribution in [3.05, 3.63) is 95.7 Å². The number of carboxylic acid groups (broad SMARTS) is 1. The molecule has 4 aromatic rings. The summed E-state index contributed by atoms with van der Waals surface area (Å²) in [6.07, 6.45) is 2.19. The molecule has 4 N–H and O–H groups in total. The van der Waals surface area contributed by atoms with Gasteiger partial charge >= 0.3 is 5.97 Å². The number of aliphatic carboxylic acids is 1. The van der Waals surface area contributed by atoms with Crippen LogP contribution in [-0.4, -0.2) is 34.6 Å². The third-order valence-electron chi connectivity index (χ3n) is 5.60. The first-order valence-electron chi connectivity index (χ1n) is 11.1. The quantitative estimate of drug-likeness (QED) is 0.285. The number of para-hydroxylation sites is 2. The Morgan fingerprint density at radius 1 is 0.971 bits per heavy atom. The molecule has 1 heterocycles. The SMILES string of the molecule is Cc1ccc(NC(=O)COc2ccccc2CNC(Cc2c[nH]c3ccccc23)C(=O)O)cc1. The number of hydrogen-bond donors (Lipinski definition) is 4. The molecule has 0 spiro atoms.